The van der Waals surface area contributed by atoms with Gasteiger partial charge in [0.1, 0.15) is 0 Å². The van der Waals surface area contributed by atoms with Crippen molar-refractivity contribution >= 4 is 5.97 Å². The van der Waals surface area contributed by atoms with Crippen LogP contribution in [0.15, 0.2) is 30.3 Å². The minimum absolute atomic E-state index is 0.279. The van der Waals surface area contributed by atoms with Gasteiger partial charge in [-0.05, 0) is 31.7 Å². The Hall–Kier alpha value is -1.39. The fourth-order valence-corrected chi connectivity index (χ4v) is 2.43. The summed E-state index contributed by atoms with van der Waals surface area (Å²) in [5.74, 6) is -0.279. The second-order valence-electron chi connectivity index (χ2n) is 5.41. The third-order valence-corrected chi connectivity index (χ3v) is 3.71. The number of carbonyl (C=O) groups is 1. The summed E-state index contributed by atoms with van der Waals surface area (Å²) < 4.78 is 16.2. The maximum atomic E-state index is 11.4. The van der Waals surface area contributed by atoms with Crippen LogP contribution in [0.3, 0.4) is 0 Å². The predicted molar refractivity (Wildman–Crippen MR) is 75.2 cm³/mol. The van der Waals surface area contributed by atoms with Crippen LogP contribution in [-0.4, -0.2) is 31.4 Å². The van der Waals surface area contributed by atoms with E-state index in [9.17, 15) is 4.79 Å². The molecule has 0 aromatic heterocycles. The van der Waals surface area contributed by atoms with E-state index < -0.39 is 6.10 Å². The molecule has 0 radical (unpaired) electrons. The van der Waals surface area contributed by atoms with Crippen molar-refractivity contribution in [2.24, 2.45) is 0 Å². The summed E-state index contributed by atoms with van der Waals surface area (Å²) in [4.78, 5) is 11.4. The summed E-state index contributed by atoms with van der Waals surface area (Å²) in [5, 5.41) is 0. The first-order chi connectivity index (χ1) is 9.63. The van der Waals surface area contributed by atoms with Crippen molar-refractivity contribution in [2.45, 2.75) is 44.5 Å². The standard InChI is InChI=1S/C16H22O4/c1-16(9-8-14(20-16)15(17)18-2)10-11-19-12-13-6-4-3-5-7-13/h3-7,14H,8-12H2,1-2H3. The monoisotopic (exact) mass is 278 g/mol. The van der Waals surface area contributed by atoms with Crippen molar-refractivity contribution in [3.8, 4) is 0 Å². The molecule has 0 saturated carbocycles. The summed E-state index contributed by atoms with van der Waals surface area (Å²) in [7, 11) is 1.39. The van der Waals surface area contributed by atoms with Gasteiger partial charge in [0.15, 0.2) is 6.10 Å². The first-order valence-electron chi connectivity index (χ1n) is 7.00. The van der Waals surface area contributed by atoms with E-state index in [1.165, 1.54) is 7.11 Å². The fraction of sp³-hybridized carbons (Fsp3) is 0.562. The summed E-state index contributed by atoms with van der Waals surface area (Å²) in [6, 6.07) is 10.1. The van der Waals surface area contributed by atoms with E-state index in [1.54, 1.807) is 0 Å². The van der Waals surface area contributed by atoms with Crippen LogP contribution >= 0.6 is 0 Å². The van der Waals surface area contributed by atoms with E-state index in [-0.39, 0.29) is 11.6 Å². The fourth-order valence-electron chi connectivity index (χ4n) is 2.43. The van der Waals surface area contributed by atoms with Crippen LogP contribution in [0, 0.1) is 0 Å². The molecule has 0 bridgehead atoms. The maximum Gasteiger partial charge on any atom is 0.335 e. The van der Waals surface area contributed by atoms with Gasteiger partial charge in [-0.1, -0.05) is 30.3 Å². The van der Waals surface area contributed by atoms with E-state index in [0.29, 0.717) is 13.2 Å². The number of benzene rings is 1. The molecule has 2 rings (SSSR count). The number of carbonyl (C=O) groups excluding carboxylic acids is 1. The van der Waals surface area contributed by atoms with Gasteiger partial charge in [-0.2, -0.15) is 0 Å². The summed E-state index contributed by atoms with van der Waals surface area (Å²) in [6.45, 7) is 3.26. The van der Waals surface area contributed by atoms with Gasteiger partial charge < -0.3 is 14.2 Å². The molecule has 1 aromatic rings. The van der Waals surface area contributed by atoms with E-state index in [0.717, 1.165) is 24.8 Å². The molecule has 1 aliphatic heterocycles. The van der Waals surface area contributed by atoms with Crippen molar-refractivity contribution in [3.05, 3.63) is 35.9 Å². The van der Waals surface area contributed by atoms with E-state index in [1.807, 2.05) is 37.3 Å². The molecule has 2 unspecified atom stereocenters. The molecule has 20 heavy (non-hydrogen) atoms. The lowest BCUT2D eigenvalue weighted by atomic mass is 9.99. The molecule has 0 amide bonds. The van der Waals surface area contributed by atoms with Crippen LogP contribution < -0.4 is 0 Å². The molecular formula is C16H22O4. The smallest absolute Gasteiger partial charge is 0.335 e. The van der Waals surface area contributed by atoms with E-state index >= 15 is 0 Å². The van der Waals surface area contributed by atoms with Crippen molar-refractivity contribution in [1.29, 1.82) is 0 Å². The number of ether oxygens (including phenoxy) is 3. The van der Waals surface area contributed by atoms with Gasteiger partial charge in [0, 0.05) is 6.61 Å². The van der Waals surface area contributed by atoms with Gasteiger partial charge in [0.2, 0.25) is 0 Å². The molecule has 0 N–H and O–H groups in total. The van der Waals surface area contributed by atoms with Gasteiger partial charge in [-0.25, -0.2) is 4.79 Å². The molecule has 1 fully saturated rings. The highest BCUT2D eigenvalue weighted by molar-refractivity contribution is 5.74. The predicted octanol–water partition coefficient (Wildman–Crippen LogP) is 2.70. The van der Waals surface area contributed by atoms with Crippen molar-refractivity contribution in [1.82, 2.24) is 0 Å². The maximum absolute atomic E-state index is 11.4. The van der Waals surface area contributed by atoms with Gasteiger partial charge >= 0.3 is 5.97 Å². The average Bonchev–Trinajstić information content (AvgIpc) is 2.87. The van der Waals surface area contributed by atoms with Gasteiger partial charge in [-0.15, -0.1) is 0 Å². The molecule has 110 valence electrons. The Balaban J connectivity index is 1.70. The van der Waals surface area contributed by atoms with Crippen LogP contribution in [0.25, 0.3) is 0 Å². The zero-order valence-electron chi connectivity index (χ0n) is 12.1. The highest BCUT2D eigenvalue weighted by Crippen LogP contribution is 2.33. The normalized spacial score (nSPS) is 25.6. The van der Waals surface area contributed by atoms with Crippen LogP contribution in [0.1, 0.15) is 31.7 Å². The van der Waals surface area contributed by atoms with Crippen molar-refractivity contribution in [2.75, 3.05) is 13.7 Å². The zero-order chi connectivity index (χ0) is 14.4. The first kappa shape index (κ1) is 15.0. The Kier molecular flexibility index (Phi) is 5.15. The van der Waals surface area contributed by atoms with Crippen molar-refractivity contribution in [3.63, 3.8) is 0 Å². The second kappa shape index (κ2) is 6.86. The lowest BCUT2D eigenvalue weighted by Gasteiger charge is -2.24. The molecule has 4 heteroatoms. The van der Waals surface area contributed by atoms with Gasteiger partial charge in [-0.3, -0.25) is 0 Å². The second-order valence-corrected chi connectivity index (χ2v) is 5.41. The van der Waals surface area contributed by atoms with Crippen LogP contribution in [-0.2, 0) is 25.6 Å². The molecule has 0 aliphatic carbocycles. The molecule has 2 atom stereocenters. The number of hydrogen-bond acceptors (Lipinski definition) is 4. The van der Waals surface area contributed by atoms with Gasteiger partial charge in [0.05, 0.1) is 19.3 Å². The number of methoxy groups -OCH3 is 1. The Morgan fingerprint density at radius 2 is 2.15 bits per heavy atom. The molecule has 1 aliphatic rings. The number of rotatable bonds is 6. The van der Waals surface area contributed by atoms with Crippen molar-refractivity contribution < 1.29 is 19.0 Å². The lowest BCUT2D eigenvalue weighted by Crippen LogP contribution is -2.30. The Labute approximate surface area is 120 Å². The summed E-state index contributed by atoms with van der Waals surface area (Å²) in [5.41, 5.74) is 0.882. The minimum atomic E-state index is -0.417. The SMILES string of the molecule is COC(=O)C1CCC(C)(CCOCc2ccccc2)O1. The molecule has 0 spiro atoms. The Bertz CT molecular complexity index is 431. The average molecular weight is 278 g/mol. The van der Waals surface area contributed by atoms with E-state index in [4.69, 9.17) is 14.2 Å². The number of esters is 1. The van der Waals surface area contributed by atoms with Crippen LogP contribution in [0.5, 0.6) is 0 Å². The topological polar surface area (TPSA) is 44.8 Å². The zero-order valence-corrected chi connectivity index (χ0v) is 12.1. The lowest BCUT2D eigenvalue weighted by molar-refractivity contribution is -0.158. The molecule has 1 aromatic carbocycles. The summed E-state index contributed by atoms with van der Waals surface area (Å²) >= 11 is 0. The van der Waals surface area contributed by atoms with Crippen LogP contribution in [0.4, 0.5) is 0 Å². The molecule has 4 nitrogen and oxygen atoms in total. The molecule has 1 saturated heterocycles. The van der Waals surface area contributed by atoms with E-state index in [2.05, 4.69) is 0 Å². The first-order valence-corrected chi connectivity index (χ1v) is 7.00. The molecule has 1 heterocycles. The van der Waals surface area contributed by atoms with Gasteiger partial charge in [0.25, 0.3) is 0 Å². The Morgan fingerprint density at radius 1 is 1.40 bits per heavy atom. The molecular weight excluding hydrogens is 256 g/mol. The third-order valence-electron chi connectivity index (χ3n) is 3.71. The quantitative estimate of drug-likeness (QED) is 0.593. The number of hydrogen-bond donors (Lipinski definition) is 0. The summed E-state index contributed by atoms with van der Waals surface area (Å²) in [6.07, 6.45) is 1.95. The third kappa shape index (κ3) is 4.05. The highest BCUT2D eigenvalue weighted by atomic mass is 16.6. The minimum Gasteiger partial charge on any atom is -0.467 e. The Morgan fingerprint density at radius 3 is 2.85 bits per heavy atom. The largest absolute Gasteiger partial charge is 0.467 e. The van der Waals surface area contributed by atoms with Crippen LogP contribution in [0.2, 0.25) is 0 Å². The highest BCUT2D eigenvalue weighted by Gasteiger charge is 2.39.